The number of rotatable bonds is 10. The van der Waals surface area contributed by atoms with Crippen LogP contribution >= 0.6 is 0 Å². The highest BCUT2D eigenvalue weighted by atomic mass is 19.1. The van der Waals surface area contributed by atoms with Crippen molar-refractivity contribution in [1.82, 2.24) is 5.32 Å². The van der Waals surface area contributed by atoms with E-state index in [-0.39, 0.29) is 29.8 Å². The zero-order valence-electron chi connectivity index (χ0n) is 18.1. The van der Waals surface area contributed by atoms with E-state index in [0.29, 0.717) is 17.5 Å². The summed E-state index contributed by atoms with van der Waals surface area (Å²) < 4.78 is 20.9. The third-order valence-corrected chi connectivity index (χ3v) is 5.12. The lowest BCUT2D eigenvalue weighted by atomic mass is 9.94. The number of halogens is 1. The van der Waals surface area contributed by atoms with Crippen LogP contribution in [0.15, 0.2) is 30.3 Å². The van der Waals surface area contributed by atoms with Gasteiger partial charge >= 0.3 is 0 Å². The predicted octanol–water partition coefficient (Wildman–Crippen LogP) is 3.72. The lowest BCUT2D eigenvalue weighted by Gasteiger charge is -2.24. The van der Waals surface area contributed by atoms with Gasteiger partial charge in [0.1, 0.15) is 17.1 Å². The van der Waals surface area contributed by atoms with E-state index in [4.69, 9.17) is 10.5 Å². The van der Waals surface area contributed by atoms with Crippen LogP contribution < -0.4 is 21.1 Å². The molecule has 0 aliphatic heterocycles. The van der Waals surface area contributed by atoms with Gasteiger partial charge in [0.15, 0.2) is 5.78 Å². The van der Waals surface area contributed by atoms with Crippen LogP contribution in [0.1, 0.15) is 59.8 Å². The molecule has 0 saturated carbocycles. The average molecular weight is 416 g/mol. The number of hydrogen-bond acceptors (Lipinski definition) is 5. The van der Waals surface area contributed by atoms with Crippen molar-refractivity contribution in [2.75, 3.05) is 19.5 Å². The molecule has 7 heteroatoms. The highest BCUT2D eigenvalue weighted by Crippen LogP contribution is 2.32. The molecular formula is C23H30FN3O3. The topological polar surface area (TPSA) is 93.4 Å². The standard InChI is InChI=1S/C23H30FN3O3/c1-6-17(27-14(3)12-20(25)28)16-8-10-19(30-5)21(22(16)24)23(29)15-7-9-18(26-4)13(2)11-15/h7-11,14,17,26-27H,6,12H2,1-5H3,(H2,25,28). The molecule has 0 radical (unpaired) electrons. The minimum absolute atomic E-state index is 0.102. The van der Waals surface area contributed by atoms with Gasteiger partial charge in [0, 0.05) is 42.4 Å². The first-order chi connectivity index (χ1) is 14.2. The first-order valence-electron chi connectivity index (χ1n) is 9.97. The molecule has 2 unspecified atom stereocenters. The number of methoxy groups -OCH3 is 1. The van der Waals surface area contributed by atoms with Crippen LogP contribution in [-0.2, 0) is 4.79 Å². The summed E-state index contributed by atoms with van der Waals surface area (Å²) in [6.07, 6.45) is 0.701. The molecule has 0 heterocycles. The number of primary amides is 1. The molecule has 2 aromatic rings. The van der Waals surface area contributed by atoms with E-state index >= 15 is 4.39 Å². The molecule has 1 amide bonds. The van der Waals surface area contributed by atoms with E-state index in [1.165, 1.54) is 7.11 Å². The summed E-state index contributed by atoms with van der Waals surface area (Å²) in [5, 5.41) is 6.27. The van der Waals surface area contributed by atoms with Crippen molar-refractivity contribution in [3.05, 3.63) is 58.4 Å². The maximum absolute atomic E-state index is 15.6. The number of nitrogens with one attached hydrogen (secondary N) is 2. The Bertz CT molecular complexity index is 930. The first-order valence-corrected chi connectivity index (χ1v) is 9.97. The smallest absolute Gasteiger partial charge is 0.218 e. The zero-order valence-corrected chi connectivity index (χ0v) is 18.1. The van der Waals surface area contributed by atoms with Crippen molar-refractivity contribution >= 4 is 17.4 Å². The Morgan fingerprint density at radius 3 is 2.47 bits per heavy atom. The molecule has 0 aromatic heterocycles. The summed E-state index contributed by atoms with van der Waals surface area (Å²) in [6.45, 7) is 5.59. The van der Waals surface area contributed by atoms with Crippen molar-refractivity contribution in [3.63, 3.8) is 0 Å². The lowest BCUT2D eigenvalue weighted by molar-refractivity contribution is -0.118. The number of hydrogen-bond donors (Lipinski definition) is 3. The Balaban J connectivity index is 2.48. The number of anilines is 1. The molecule has 0 saturated heterocycles. The second kappa shape index (κ2) is 10.2. The number of benzene rings is 2. The van der Waals surface area contributed by atoms with Gasteiger partial charge in [0.2, 0.25) is 5.91 Å². The molecule has 6 nitrogen and oxygen atoms in total. The Labute approximate surface area is 177 Å². The van der Waals surface area contributed by atoms with Gasteiger partial charge < -0.3 is 21.1 Å². The lowest BCUT2D eigenvalue weighted by Crippen LogP contribution is -2.34. The third-order valence-electron chi connectivity index (χ3n) is 5.12. The van der Waals surface area contributed by atoms with E-state index in [9.17, 15) is 9.59 Å². The number of ether oxygens (including phenoxy) is 1. The van der Waals surface area contributed by atoms with Gasteiger partial charge in [-0.3, -0.25) is 9.59 Å². The second-order valence-corrected chi connectivity index (χ2v) is 7.35. The number of carbonyl (C=O) groups excluding carboxylic acids is 2. The minimum atomic E-state index is -0.625. The van der Waals surface area contributed by atoms with Crippen molar-refractivity contribution in [1.29, 1.82) is 0 Å². The molecule has 2 rings (SSSR count). The summed E-state index contributed by atoms with van der Waals surface area (Å²) in [4.78, 5) is 24.4. The summed E-state index contributed by atoms with van der Waals surface area (Å²) >= 11 is 0. The van der Waals surface area contributed by atoms with E-state index in [0.717, 1.165) is 11.3 Å². The maximum Gasteiger partial charge on any atom is 0.218 e. The normalized spacial score (nSPS) is 12.9. The molecule has 0 bridgehead atoms. The molecule has 0 spiro atoms. The third kappa shape index (κ3) is 5.16. The Kier molecular flexibility index (Phi) is 7.94. The molecular weight excluding hydrogens is 385 g/mol. The predicted molar refractivity (Wildman–Crippen MR) is 117 cm³/mol. The van der Waals surface area contributed by atoms with Crippen molar-refractivity contribution in [2.24, 2.45) is 5.73 Å². The molecule has 162 valence electrons. The highest BCUT2D eigenvalue weighted by Gasteiger charge is 2.26. The Morgan fingerprint density at radius 1 is 1.23 bits per heavy atom. The van der Waals surface area contributed by atoms with E-state index in [1.54, 1.807) is 37.4 Å². The van der Waals surface area contributed by atoms with Gasteiger partial charge in [-0.15, -0.1) is 0 Å². The summed E-state index contributed by atoms with van der Waals surface area (Å²) in [7, 11) is 3.21. The van der Waals surface area contributed by atoms with Crippen LogP contribution in [0.2, 0.25) is 0 Å². The molecule has 30 heavy (non-hydrogen) atoms. The summed E-state index contributed by atoms with van der Waals surface area (Å²) in [5.74, 6) is -1.33. The quantitative estimate of drug-likeness (QED) is 0.514. The number of amides is 1. The summed E-state index contributed by atoms with van der Waals surface area (Å²) in [6, 6.07) is 7.78. The molecule has 0 aliphatic carbocycles. The van der Waals surface area contributed by atoms with Gasteiger partial charge in [-0.2, -0.15) is 0 Å². The van der Waals surface area contributed by atoms with Crippen LogP contribution in [-0.4, -0.2) is 31.9 Å². The summed E-state index contributed by atoms with van der Waals surface area (Å²) in [5.41, 5.74) is 7.66. The van der Waals surface area contributed by atoms with Crippen molar-refractivity contribution < 1.29 is 18.7 Å². The molecule has 4 N–H and O–H groups in total. The minimum Gasteiger partial charge on any atom is -0.496 e. The van der Waals surface area contributed by atoms with Crippen LogP contribution in [0.4, 0.5) is 10.1 Å². The van der Waals surface area contributed by atoms with Crippen molar-refractivity contribution in [3.8, 4) is 5.75 Å². The average Bonchev–Trinajstić information content (AvgIpc) is 2.70. The van der Waals surface area contributed by atoms with Gasteiger partial charge in [0.05, 0.1) is 7.11 Å². The van der Waals surface area contributed by atoms with Crippen LogP contribution in [0.25, 0.3) is 0 Å². The molecule has 2 atom stereocenters. The first kappa shape index (κ1) is 23.3. The second-order valence-electron chi connectivity index (χ2n) is 7.35. The molecule has 2 aromatic carbocycles. The highest BCUT2D eigenvalue weighted by molar-refractivity contribution is 6.11. The largest absolute Gasteiger partial charge is 0.496 e. The fourth-order valence-electron chi connectivity index (χ4n) is 3.59. The number of ketones is 1. The van der Waals surface area contributed by atoms with Crippen LogP contribution in [0, 0.1) is 12.7 Å². The maximum atomic E-state index is 15.6. The van der Waals surface area contributed by atoms with Gasteiger partial charge in [-0.05, 0) is 50.1 Å². The van der Waals surface area contributed by atoms with Crippen LogP contribution in [0.5, 0.6) is 5.75 Å². The van der Waals surface area contributed by atoms with Gasteiger partial charge in [-0.25, -0.2) is 4.39 Å². The number of aryl methyl sites for hydroxylation is 1. The fourth-order valence-corrected chi connectivity index (χ4v) is 3.59. The van der Waals surface area contributed by atoms with E-state index < -0.39 is 17.5 Å². The number of nitrogens with two attached hydrogens (primary N) is 1. The van der Waals surface area contributed by atoms with E-state index in [2.05, 4.69) is 10.6 Å². The molecule has 0 fully saturated rings. The van der Waals surface area contributed by atoms with Crippen LogP contribution in [0.3, 0.4) is 0 Å². The fraction of sp³-hybridized carbons (Fsp3) is 0.391. The zero-order chi connectivity index (χ0) is 22.4. The van der Waals surface area contributed by atoms with Gasteiger partial charge in [0.25, 0.3) is 0 Å². The van der Waals surface area contributed by atoms with Gasteiger partial charge in [-0.1, -0.05) is 13.0 Å². The Hall–Kier alpha value is -2.93. The number of carbonyl (C=O) groups is 2. The van der Waals surface area contributed by atoms with Crippen molar-refractivity contribution in [2.45, 2.75) is 45.7 Å². The molecule has 0 aliphatic rings. The van der Waals surface area contributed by atoms with E-state index in [1.807, 2.05) is 20.8 Å². The monoisotopic (exact) mass is 415 g/mol. The SMILES string of the molecule is CCC(NC(C)CC(N)=O)c1ccc(OC)c(C(=O)c2ccc(NC)c(C)c2)c1F. The Morgan fingerprint density at radius 2 is 1.93 bits per heavy atom.